The van der Waals surface area contributed by atoms with Gasteiger partial charge in [-0.15, -0.1) is 11.3 Å². The van der Waals surface area contributed by atoms with Gasteiger partial charge in [0, 0.05) is 12.6 Å². The first-order valence-electron chi connectivity index (χ1n) is 7.48. The van der Waals surface area contributed by atoms with E-state index in [4.69, 9.17) is 9.47 Å². The van der Waals surface area contributed by atoms with E-state index in [1.807, 2.05) is 27.7 Å². The smallest absolute Gasteiger partial charge is 0.262 e. The number of nitrogens with zero attached hydrogens (tertiary/aromatic N) is 2. The van der Waals surface area contributed by atoms with Gasteiger partial charge in [-0.3, -0.25) is 4.79 Å². The molecule has 126 valence electrons. The van der Waals surface area contributed by atoms with E-state index in [0.717, 1.165) is 22.2 Å². The molecule has 2 rings (SSSR count). The Labute approximate surface area is 140 Å². The molecule has 6 nitrogen and oxygen atoms in total. The highest BCUT2D eigenvalue weighted by molar-refractivity contribution is 7.20. The van der Waals surface area contributed by atoms with E-state index >= 15 is 0 Å². The zero-order chi connectivity index (χ0) is 17.2. The molecule has 0 aliphatic heterocycles. The van der Waals surface area contributed by atoms with Crippen LogP contribution >= 0.6 is 11.3 Å². The Morgan fingerprint density at radius 2 is 2.00 bits per heavy atom. The average molecular weight is 337 g/mol. The zero-order valence-electron chi connectivity index (χ0n) is 14.4. The monoisotopic (exact) mass is 337 g/mol. The maximum atomic E-state index is 12.6. The molecule has 0 radical (unpaired) electrons. The topological polar surface area (TPSA) is 73.3 Å². The van der Waals surface area contributed by atoms with Crippen molar-refractivity contribution in [2.24, 2.45) is 0 Å². The Balaban J connectivity index is 2.50. The minimum absolute atomic E-state index is 0.0901. The minimum Gasteiger partial charge on any atom is -0.480 e. The van der Waals surface area contributed by atoms with Gasteiger partial charge in [-0.05, 0) is 32.8 Å². The van der Waals surface area contributed by atoms with E-state index in [0.29, 0.717) is 23.2 Å². The highest BCUT2D eigenvalue weighted by atomic mass is 32.1. The van der Waals surface area contributed by atoms with Gasteiger partial charge >= 0.3 is 0 Å². The van der Waals surface area contributed by atoms with E-state index in [-0.39, 0.29) is 11.4 Å². The molecule has 2 aromatic heterocycles. The molecular formula is C16H23N3O3S. The summed E-state index contributed by atoms with van der Waals surface area (Å²) in [6, 6.07) is 0. The maximum absolute atomic E-state index is 12.6. The van der Waals surface area contributed by atoms with Crippen LogP contribution in [0.5, 0.6) is 5.88 Å². The summed E-state index contributed by atoms with van der Waals surface area (Å²) >= 11 is 1.35. The number of rotatable bonds is 6. The number of ether oxygens (including phenoxy) is 2. The lowest BCUT2D eigenvalue weighted by atomic mass is 10.0. The second kappa shape index (κ2) is 6.80. The summed E-state index contributed by atoms with van der Waals surface area (Å²) in [4.78, 5) is 22.8. The maximum Gasteiger partial charge on any atom is 0.262 e. The predicted molar refractivity (Wildman–Crippen MR) is 91.3 cm³/mol. The third kappa shape index (κ3) is 3.61. The summed E-state index contributed by atoms with van der Waals surface area (Å²) in [5, 5.41) is 3.85. The Morgan fingerprint density at radius 1 is 1.30 bits per heavy atom. The average Bonchev–Trinajstić information content (AvgIpc) is 2.84. The second-order valence-electron chi connectivity index (χ2n) is 6.01. The summed E-state index contributed by atoms with van der Waals surface area (Å²) in [5.74, 6) is 0.927. The van der Waals surface area contributed by atoms with Crippen LogP contribution < -0.4 is 10.1 Å². The molecule has 0 saturated carbocycles. The van der Waals surface area contributed by atoms with Crippen molar-refractivity contribution in [3.05, 3.63) is 16.3 Å². The second-order valence-corrected chi connectivity index (χ2v) is 7.01. The molecule has 0 bridgehead atoms. The first kappa shape index (κ1) is 17.6. The lowest BCUT2D eigenvalue weighted by Crippen LogP contribution is -2.42. The number of amides is 1. The lowest BCUT2D eigenvalue weighted by molar-refractivity contribution is 0.0915. The van der Waals surface area contributed by atoms with E-state index in [9.17, 15) is 4.79 Å². The first-order valence-corrected chi connectivity index (χ1v) is 8.30. The van der Waals surface area contributed by atoms with Crippen molar-refractivity contribution in [1.29, 1.82) is 0 Å². The van der Waals surface area contributed by atoms with Crippen LogP contribution in [0.3, 0.4) is 0 Å². The largest absolute Gasteiger partial charge is 0.480 e. The molecule has 1 N–H and O–H groups in total. The summed E-state index contributed by atoms with van der Waals surface area (Å²) in [6.45, 7) is 8.25. The van der Waals surface area contributed by atoms with Gasteiger partial charge in [0.1, 0.15) is 11.4 Å². The predicted octanol–water partition coefficient (Wildman–Crippen LogP) is 3.07. The summed E-state index contributed by atoms with van der Waals surface area (Å²) in [7, 11) is 3.15. The summed E-state index contributed by atoms with van der Waals surface area (Å²) in [5.41, 5.74) is 0.589. The van der Waals surface area contributed by atoms with Crippen molar-refractivity contribution in [3.8, 4) is 5.88 Å². The van der Waals surface area contributed by atoms with Gasteiger partial charge < -0.3 is 14.8 Å². The van der Waals surface area contributed by atoms with Gasteiger partial charge in [0.2, 0.25) is 5.88 Å². The number of thiophene rings is 1. The Morgan fingerprint density at radius 3 is 2.57 bits per heavy atom. The number of hydrogen-bond donors (Lipinski definition) is 1. The quantitative estimate of drug-likeness (QED) is 0.877. The van der Waals surface area contributed by atoms with Crippen LogP contribution in [-0.4, -0.2) is 35.6 Å². The van der Waals surface area contributed by atoms with Gasteiger partial charge in [-0.1, -0.05) is 6.92 Å². The third-order valence-corrected chi connectivity index (χ3v) is 5.00. The fourth-order valence-corrected chi connectivity index (χ4v) is 3.24. The van der Waals surface area contributed by atoms with Gasteiger partial charge in [0.15, 0.2) is 5.82 Å². The van der Waals surface area contributed by atoms with Crippen LogP contribution in [0.15, 0.2) is 0 Å². The minimum atomic E-state index is -0.253. The number of aromatic nitrogens is 2. The van der Waals surface area contributed by atoms with Gasteiger partial charge in [0.05, 0.1) is 17.4 Å². The number of fused-ring (bicyclic) bond motifs is 1. The summed E-state index contributed by atoms with van der Waals surface area (Å²) in [6.07, 6.45) is 0.851. The molecule has 2 aromatic rings. The Kier molecular flexibility index (Phi) is 5.21. The molecule has 0 aromatic carbocycles. The van der Waals surface area contributed by atoms with Crippen molar-refractivity contribution in [2.45, 2.75) is 46.3 Å². The van der Waals surface area contributed by atoms with Crippen molar-refractivity contribution < 1.29 is 14.3 Å². The summed E-state index contributed by atoms with van der Waals surface area (Å²) < 4.78 is 10.5. The van der Waals surface area contributed by atoms with Crippen LogP contribution in [0.2, 0.25) is 0 Å². The van der Waals surface area contributed by atoms with Crippen molar-refractivity contribution in [3.63, 3.8) is 0 Å². The number of methoxy groups -OCH3 is 2. The van der Waals surface area contributed by atoms with Crippen LogP contribution in [0.25, 0.3) is 10.2 Å². The van der Waals surface area contributed by atoms with Crippen molar-refractivity contribution in [2.75, 3.05) is 14.2 Å². The van der Waals surface area contributed by atoms with Crippen LogP contribution in [-0.2, 0) is 11.3 Å². The van der Waals surface area contributed by atoms with Crippen LogP contribution in [0.4, 0.5) is 0 Å². The van der Waals surface area contributed by atoms with Gasteiger partial charge in [0.25, 0.3) is 5.91 Å². The molecule has 0 aliphatic carbocycles. The van der Waals surface area contributed by atoms with Crippen molar-refractivity contribution >= 4 is 27.5 Å². The molecule has 0 fully saturated rings. The van der Waals surface area contributed by atoms with Gasteiger partial charge in [-0.25, -0.2) is 4.98 Å². The molecule has 23 heavy (non-hydrogen) atoms. The Hall–Kier alpha value is -1.73. The number of carbonyl (C=O) groups is 1. The fraction of sp³-hybridized carbons (Fsp3) is 0.562. The lowest BCUT2D eigenvalue weighted by Gasteiger charge is -2.24. The third-order valence-electron chi connectivity index (χ3n) is 3.81. The van der Waals surface area contributed by atoms with Gasteiger partial charge in [-0.2, -0.15) is 4.98 Å². The molecule has 1 amide bonds. The van der Waals surface area contributed by atoms with Crippen LogP contribution in [0, 0.1) is 6.92 Å². The zero-order valence-corrected chi connectivity index (χ0v) is 15.3. The molecule has 2 heterocycles. The molecule has 0 unspecified atom stereocenters. The molecule has 0 aliphatic rings. The number of aryl methyl sites for hydroxylation is 1. The number of carbonyl (C=O) groups excluding carboxylic acids is 1. The molecule has 0 atom stereocenters. The highest BCUT2D eigenvalue weighted by Gasteiger charge is 2.25. The molecule has 0 saturated heterocycles. The highest BCUT2D eigenvalue weighted by Crippen LogP contribution is 2.35. The van der Waals surface area contributed by atoms with E-state index in [1.165, 1.54) is 11.3 Å². The van der Waals surface area contributed by atoms with E-state index in [2.05, 4.69) is 15.3 Å². The molecular weight excluding hydrogens is 314 g/mol. The first-order chi connectivity index (χ1) is 10.8. The normalized spacial score (nSPS) is 11.7. The number of nitrogens with one attached hydrogen (secondary N) is 1. The van der Waals surface area contributed by atoms with E-state index < -0.39 is 0 Å². The Bertz CT molecular complexity index is 725. The number of hydrogen-bond acceptors (Lipinski definition) is 6. The SMILES string of the molecule is CCC(C)(C)NC(=O)c1sc2nc(COC)nc(OC)c2c1C. The standard InChI is InChI=1S/C16H23N3O3S/c1-7-16(3,4)19-13(20)12-9(2)11-14(22-6)17-10(8-21-5)18-15(11)23-12/h7-8H2,1-6H3,(H,19,20). The van der Waals surface area contributed by atoms with E-state index in [1.54, 1.807) is 14.2 Å². The molecule has 0 spiro atoms. The molecule has 7 heteroatoms. The van der Waals surface area contributed by atoms with Crippen molar-refractivity contribution in [1.82, 2.24) is 15.3 Å². The fourth-order valence-electron chi connectivity index (χ4n) is 2.15. The van der Waals surface area contributed by atoms with Crippen LogP contribution in [0.1, 0.15) is 48.3 Å².